The fourth-order valence-corrected chi connectivity index (χ4v) is 2.66. The van der Waals surface area contributed by atoms with Crippen LogP contribution in [0.25, 0.3) is 0 Å². The number of amides is 1. The molecule has 1 fully saturated rings. The lowest BCUT2D eigenvalue weighted by molar-refractivity contribution is -0.122. The van der Waals surface area contributed by atoms with Crippen molar-refractivity contribution in [1.82, 2.24) is 10.2 Å². The van der Waals surface area contributed by atoms with Crippen LogP contribution >= 0.6 is 0 Å². The molecule has 16 heavy (non-hydrogen) atoms. The first-order valence-corrected chi connectivity index (χ1v) is 6.77. The zero-order chi connectivity index (χ0) is 11.8. The van der Waals surface area contributed by atoms with Crippen LogP contribution in [0.3, 0.4) is 0 Å². The van der Waals surface area contributed by atoms with Gasteiger partial charge in [0.15, 0.2) is 0 Å². The van der Waals surface area contributed by atoms with E-state index in [-0.39, 0.29) is 0 Å². The molecule has 1 saturated heterocycles. The van der Waals surface area contributed by atoms with Crippen molar-refractivity contribution in [2.24, 2.45) is 0 Å². The molecular formula is C13H26N2O. The van der Waals surface area contributed by atoms with Crippen molar-refractivity contribution < 1.29 is 4.79 Å². The van der Waals surface area contributed by atoms with E-state index in [0.717, 1.165) is 19.5 Å². The van der Waals surface area contributed by atoms with Crippen molar-refractivity contribution >= 4 is 6.41 Å². The Morgan fingerprint density at radius 3 is 2.88 bits per heavy atom. The van der Waals surface area contributed by atoms with Gasteiger partial charge in [-0.2, -0.15) is 0 Å². The van der Waals surface area contributed by atoms with Gasteiger partial charge in [0.25, 0.3) is 0 Å². The number of carbonyl (C=O) groups excluding carboxylic acids is 1. The van der Waals surface area contributed by atoms with E-state index in [9.17, 15) is 4.79 Å². The second-order valence-electron chi connectivity index (χ2n) is 4.71. The number of hydrogen-bond donors (Lipinski definition) is 1. The van der Waals surface area contributed by atoms with Crippen LogP contribution in [0.4, 0.5) is 0 Å². The van der Waals surface area contributed by atoms with E-state index in [1.807, 2.05) is 4.90 Å². The van der Waals surface area contributed by atoms with Crippen molar-refractivity contribution in [3.63, 3.8) is 0 Å². The first-order valence-electron chi connectivity index (χ1n) is 6.77. The van der Waals surface area contributed by atoms with Gasteiger partial charge in [-0.1, -0.05) is 26.7 Å². The SMILES string of the molecule is CCCCC(NCC)C1CCCCN1C=O. The number of rotatable bonds is 7. The molecule has 1 aliphatic rings. The predicted octanol–water partition coefficient (Wildman–Crippen LogP) is 2.17. The van der Waals surface area contributed by atoms with E-state index >= 15 is 0 Å². The van der Waals surface area contributed by atoms with E-state index in [4.69, 9.17) is 0 Å². The van der Waals surface area contributed by atoms with Gasteiger partial charge in [0.2, 0.25) is 6.41 Å². The minimum absolute atomic E-state index is 0.428. The molecule has 0 aromatic rings. The van der Waals surface area contributed by atoms with Crippen LogP contribution in [0.1, 0.15) is 52.4 Å². The number of likely N-dealkylation sites (N-methyl/N-ethyl adjacent to an activating group) is 1. The van der Waals surface area contributed by atoms with Gasteiger partial charge in [-0.05, 0) is 32.2 Å². The molecule has 2 unspecified atom stereocenters. The highest BCUT2D eigenvalue weighted by atomic mass is 16.1. The molecule has 2 atom stereocenters. The topological polar surface area (TPSA) is 32.3 Å². The lowest BCUT2D eigenvalue weighted by Gasteiger charge is -2.38. The second-order valence-corrected chi connectivity index (χ2v) is 4.71. The highest BCUT2D eigenvalue weighted by molar-refractivity contribution is 5.48. The molecule has 1 N–H and O–H groups in total. The fourth-order valence-electron chi connectivity index (χ4n) is 2.66. The summed E-state index contributed by atoms with van der Waals surface area (Å²) in [7, 11) is 0. The van der Waals surface area contributed by atoms with Crippen molar-refractivity contribution in [2.75, 3.05) is 13.1 Å². The normalized spacial score (nSPS) is 23.1. The zero-order valence-corrected chi connectivity index (χ0v) is 10.7. The second kappa shape index (κ2) is 7.66. The maximum atomic E-state index is 11.1. The van der Waals surface area contributed by atoms with Gasteiger partial charge < -0.3 is 10.2 Å². The first-order chi connectivity index (χ1) is 7.83. The van der Waals surface area contributed by atoms with Crippen molar-refractivity contribution in [2.45, 2.75) is 64.5 Å². The third-order valence-corrected chi connectivity index (χ3v) is 3.53. The average molecular weight is 226 g/mol. The summed E-state index contributed by atoms with van der Waals surface area (Å²) < 4.78 is 0. The molecule has 1 aliphatic heterocycles. The molecule has 0 saturated carbocycles. The lowest BCUT2D eigenvalue weighted by Crippen LogP contribution is -2.51. The van der Waals surface area contributed by atoms with Gasteiger partial charge in [0.05, 0.1) is 0 Å². The molecule has 0 spiro atoms. The van der Waals surface area contributed by atoms with E-state index < -0.39 is 0 Å². The molecule has 3 heteroatoms. The number of nitrogens with one attached hydrogen (secondary N) is 1. The third kappa shape index (κ3) is 3.78. The number of carbonyl (C=O) groups is 1. The van der Waals surface area contributed by atoms with Crippen LogP contribution in [-0.4, -0.2) is 36.5 Å². The number of piperidine rings is 1. The molecule has 0 bridgehead atoms. The van der Waals surface area contributed by atoms with Crippen LogP contribution in [0, 0.1) is 0 Å². The average Bonchev–Trinajstić information content (AvgIpc) is 2.34. The Kier molecular flexibility index (Phi) is 6.46. The van der Waals surface area contributed by atoms with Crippen LogP contribution in [0.2, 0.25) is 0 Å². The highest BCUT2D eigenvalue weighted by Crippen LogP contribution is 2.21. The summed E-state index contributed by atoms with van der Waals surface area (Å²) in [6.45, 7) is 6.31. The summed E-state index contributed by atoms with van der Waals surface area (Å²) in [5.41, 5.74) is 0. The molecule has 0 aliphatic carbocycles. The minimum Gasteiger partial charge on any atom is -0.341 e. The molecule has 1 heterocycles. The third-order valence-electron chi connectivity index (χ3n) is 3.53. The maximum absolute atomic E-state index is 11.1. The Bertz CT molecular complexity index is 196. The van der Waals surface area contributed by atoms with E-state index in [0.29, 0.717) is 12.1 Å². The fraction of sp³-hybridized carbons (Fsp3) is 0.923. The molecule has 3 nitrogen and oxygen atoms in total. The Labute approximate surface area is 99.6 Å². The molecule has 1 rings (SSSR count). The highest BCUT2D eigenvalue weighted by Gasteiger charge is 2.27. The Hall–Kier alpha value is -0.570. The van der Waals surface area contributed by atoms with Crippen LogP contribution in [0.15, 0.2) is 0 Å². The first kappa shape index (κ1) is 13.5. The molecule has 0 radical (unpaired) electrons. The summed E-state index contributed by atoms with van der Waals surface area (Å²) in [4.78, 5) is 13.1. The molecule has 94 valence electrons. The zero-order valence-electron chi connectivity index (χ0n) is 10.7. The van der Waals surface area contributed by atoms with Gasteiger partial charge in [0, 0.05) is 18.6 Å². The number of nitrogens with zero attached hydrogens (tertiary/aromatic N) is 1. The molecule has 1 amide bonds. The van der Waals surface area contributed by atoms with Gasteiger partial charge in [0.1, 0.15) is 0 Å². The summed E-state index contributed by atoms with van der Waals surface area (Å²) in [6, 6.07) is 0.924. The Balaban J connectivity index is 2.54. The van der Waals surface area contributed by atoms with Gasteiger partial charge >= 0.3 is 0 Å². The van der Waals surface area contributed by atoms with Gasteiger partial charge in [-0.25, -0.2) is 0 Å². The maximum Gasteiger partial charge on any atom is 0.210 e. The monoisotopic (exact) mass is 226 g/mol. The Morgan fingerprint density at radius 2 is 2.25 bits per heavy atom. The largest absolute Gasteiger partial charge is 0.341 e. The quantitative estimate of drug-likeness (QED) is 0.675. The van der Waals surface area contributed by atoms with Crippen molar-refractivity contribution in [1.29, 1.82) is 0 Å². The minimum atomic E-state index is 0.428. The van der Waals surface area contributed by atoms with Crippen LogP contribution < -0.4 is 5.32 Å². The molecular weight excluding hydrogens is 200 g/mol. The number of likely N-dealkylation sites (tertiary alicyclic amines) is 1. The van der Waals surface area contributed by atoms with Crippen molar-refractivity contribution in [3.05, 3.63) is 0 Å². The molecule has 0 aromatic carbocycles. The van der Waals surface area contributed by atoms with E-state index in [1.54, 1.807) is 0 Å². The lowest BCUT2D eigenvalue weighted by atomic mass is 9.92. The Morgan fingerprint density at radius 1 is 1.44 bits per heavy atom. The summed E-state index contributed by atoms with van der Waals surface area (Å²) >= 11 is 0. The predicted molar refractivity (Wildman–Crippen MR) is 67.4 cm³/mol. The van der Waals surface area contributed by atoms with Crippen LogP contribution in [-0.2, 0) is 4.79 Å². The van der Waals surface area contributed by atoms with Gasteiger partial charge in [-0.3, -0.25) is 4.79 Å². The van der Waals surface area contributed by atoms with Crippen molar-refractivity contribution in [3.8, 4) is 0 Å². The smallest absolute Gasteiger partial charge is 0.210 e. The van der Waals surface area contributed by atoms with E-state index in [2.05, 4.69) is 19.2 Å². The number of unbranched alkanes of at least 4 members (excludes halogenated alkanes) is 1. The standard InChI is InChI=1S/C13H26N2O/c1-3-5-8-12(14-4-2)13-9-6-7-10-15(13)11-16/h11-14H,3-10H2,1-2H3. The molecule has 0 aromatic heterocycles. The van der Waals surface area contributed by atoms with Crippen LogP contribution in [0.5, 0.6) is 0 Å². The van der Waals surface area contributed by atoms with E-state index in [1.165, 1.54) is 38.5 Å². The summed E-state index contributed by atoms with van der Waals surface area (Å²) in [6.07, 6.45) is 8.32. The summed E-state index contributed by atoms with van der Waals surface area (Å²) in [5, 5.41) is 3.55. The summed E-state index contributed by atoms with van der Waals surface area (Å²) in [5.74, 6) is 0. The van der Waals surface area contributed by atoms with Gasteiger partial charge in [-0.15, -0.1) is 0 Å². The number of hydrogen-bond acceptors (Lipinski definition) is 2.